The average molecular weight is 593 g/mol. The third kappa shape index (κ3) is 4.07. The highest BCUT2D eigenvalue weighted by Crippen LogP contribution is 2.75. The van der Waals surface area contributed by atoms with Crippen LogP contribution in [0.4, 0.5) is 0 Å². The summed E-state index contributed by atoms with van der Waals surface area (Å²) in [5, 5.41) is 33.7. The average Bonchev–Trinajstić information content (AvgIpc) is 2.96. The van der Waals surface area contributed by atoms with Gasteiger partial charge in [0.25, 0.3) is 0 Å². The number of aliphatic hydroxyl groups is 3. The molecule has 4 fully saturated rings. The number of hydrogen-bond acceptors (Lipinski definition) is 6. The number of allylic oxidation sites excluding steroid dienone is 2. The first-order valence-corrected chi connectivity index (χ1v) is 16.5. The second kappa shape index (κ2) is 9.74. The normalized spacial score (nSPS) is 48.6. The fraction of sp³-hybridized carbons (Fsp3) is 0.730. The van der Waals surface area contributed by atoms with Crippen LogP contribution < -0.4 is 0 Å². The number of carbonyl (C=O) groups is 2. The van der Waals surface area contributed by atoms with Crippen molar-refractivity contribution < 1.29 is 29.6 Å². The standard InChI is InChI=1S/C37H52O6/c1-32(2)26-13-14-36(6)28(37(26,7)30(41)27(39)29(32)40)25(38)19-23-24-20-34(4,16-15-33(24,3)17-18-35(23,36)5)31(42)43-21-22-11-9-8-10-12-22/h8-12,19,24,26-30,39-41H,13-18,20-21H2,1-7H3/t24-,26-,27+,28-,29+,30-,33+,34-,35+,36+,37-/m0/s1. The van der Waals surface area contributed by atoms with Crippen LogP contribution >= 0.6 is 0 Å². The molecule has 1 aromatic carbocycles. The second-order valence-corrected chi connectivity index (χ2v) is 16.9. The molecule has 0 amide bonds. The largest absolute Gasteiger partial charge is 0.460 e. The van der Waals surface area contributed by atoms with Crippen molar-refractivity contribution in [1.82, 2.24) is 0 Å². The quantitative estimate of drug-likeness (QED) is 0.371. The van der Waals surface area contributed by atoms with Gasteiger partial charge in [-0.05, 0) is 97.0 Å². The topological polar surface area (TPSA) is 104 Å². The molecule has 11 atom stereocenters. The van der Waals surface area contributed by atoms with Gasteiger partial charge in [0, 0.05) is 11.3 Å². The van der Waals surface area contributed by atoms with Gasteiger partial charge in [0.05, 0.1) is 17.6 Å². The van der Waals surface area contributed by atoms with Gasteiger partial charge in [-0.1, -0.05) is 77.4 Å². The molecular formula is C37H52O6. The summed E-state index contributed by atoms with van der Waals surface area (Å²) in [6, 6.07) is 9.78. The maximum absolute atomic E-state index is 14.5. The molecule has 0 aliphatic heterocycles. The Balaban J connectivity index is 1.37. The minimum atomic E-state index is -1.31. The zero-order chi connectivity index (χ0) is 31.4. The van der Waals surface area contributed by atoms with Crippen LogP contribution in [-0.2, 0) is 20.9 Å². The lowest BCUT2D eigenvalue weighted by Crippen LogP contribution is -2.73. The van der Waals surface area contributed by atoms with Gasteiger partial charge in [0.15, 0.2) is 5.78 Å². The lowest BCUT2D eigenvalue weighted by atomic mass is 9.33. The minimum Gasteiger partial charge on any atom is -0.460 e. The van der Waals surface area contributed by atoms with Gasteiger partial charge in [0.1, 0.15) is 12.7 Å². The molecule has 6 rings (SSSR count). The van der Waals surface area contributed by atoms with Crippen LogP contribution in [0.1, 0.15) is 99.0 Å². The predicted molar refractivity (Wildman–Crippen MR) is 164 cm³/mol. The molecule has 0 unspecified atom stereocenters. The molecule has 0 spiro atoms. The number of ketones is 1. The van der Waals surface area contributed by atoms with E-state index in [2.05, 4.69) is 20.8 Å². The lowest BCUT2D eigenvalue weighted by Gasteiger charge is -2.71. The lowest BCUT2D eigenvalue weighted by molar-refractivity contribution is -0.272. The van der Waals surface area contributed by atoms with E-state index >= 15 is 0 Å². The zero-order valence-corrected chi connectivity index (χ0v) is 27.2. The summed E-state index contributed by atoms with van der Waals surface area (Å²) in [5.74, 6) is -0.629. The van der Waals surface area contributed by atoms with Crippen molar-refractivity contribution in [3.05, 3.63) is 47.5 Å². The molecule has 0 radical (unpaired) electrons. The van der Waals surface area contributed by atoms with Crippen molar-refractivity contribution in [2.45, 2.75) is 118 Å². The van der Waals surface area contributed by atoms with Crippen molar-refractivity contribution in [1.29, 1.82) is 0 Å². The van der Waals surface area contributed by atoms with Crippen molar-refractivity contribution in [3.63, 3.8) is 0 Å². The summed E-state index contributed by atoms with van der Waals surface area (Å²) in [6.07, 6.45) is 4.25. The van der Waals surface area contributed by atoms with Crippen molar-refractivity contribution in [3.8, 4) is 0 Å². The Hall–Kier alpha value is -2.02. The van der Waals surface area contributed by atoms with Crippen LogP contribution in [-0.4, -0.2) is 45.4 Å². The third-order valence-corrected chi connectivity index (χ3v) is 14.4. The second-order valence-electron chi connectivity index (χ2n) is 16.9. The van der Waals surface area contributed by atoms with Gasteiger partial charge < -0.3 is 20.1 Å². The Kier molecular flexibility index (Phi) is 7.02. The highest BCUT2D eigenvalue weighted by Gasteiger charge is 2.73. The van der Waals surface area contributed by atoms with E-state index in [1.807, 2.05) is 64.1 Å². The number of hydrogen-bond donors (Lipinski definition) is 3. The maximum atomic E-state index is 14.5. The summed E-state index contributed by atoms with van der Waals surface area (Å²) in [6.45, 7) is 15.2. The van der Waals surface area contributed by atoms with Crippen molar-refractivity contribution in [2.75, 3.05) is 0 Å². The molecule has 6 nitrogen and oxygen atoms in total. The van der Waals surface area contributed by atoms with E-state index in [0.29, 0.717) is 6.42 Å². The Bertz CT molecular complexity index is 1340. The van der Waals surface area contributed by atoms with Gasteiger partial charge in [-0.3, -0.25) is 9.59 Å². The van der Waals surface area contributed by atoms with Gasteiger partial charge in [-0.15, -0.1) is 0 Å². The van der Waals surface area contributed by atoms with Crippen LogP contribution in [0.2, 0.25) is 0 Å². The molecule has 236 valence electrons. The molecule has 3 N–H and O–H groups in total. The van der Waals surface area contributed by atoms with Crippen molar-refractivity contribution in [2.24, 2.45) is 50.2 Å². The molecule has 1 aromatic rings. The fourth-order valence-electron chi connectivity index (χ4n) is 11.3. The van der Waals surface area contributed by atoms with Crippen LogP contribution in [0, 0.1) is 50.2 Å². The maximum Gasteiger partial charge on any atom is 0.312 e. The molecule has 5 aliphatic carbocycles. The zero-order valence-electron chi connectivity index (χ0n) is 27.2. The Morgan fingerprint density at radius 3 is 2.21 bits per heavy atom. The Morgan fingerprint density at radius 2 is 1.53 bits per heavy atom. The molecule has 0 aromatic heterocycles. The number of benzene rings is 1. The van der Waals surface area contributed by atoms with E-state index in [0.717, 1.165) is 44.1 Å². The number of esters is 1. The third-order valence-electron chi connectivity index (χ3n) is 14.4. The number of carbonyl (C=O) groups excluding carboxylic acids is 2. The summed E-state index contributed by atoms with van der Waals surface area (Å²) < 4.78 is 5.90. The summed E-state index contributed by atoms with van der Waals surface area (Å²) in [4.78, 5) is 28.2. The molecular weight excluding hydrogens is 540 g/mol. The van der Waals surface area contributed by atoms with Crippen LogP contribution in [0.5, 0.6) is 0 Å². The van der Waals surface area contributed by atoms with Gasteiger partial charge in [-0.25, -0.2) is 0 Å². The highest BCUT2D eigenvalue weighted by atomic mass is 16.5. The van der Waals surface area contributed by atoms with Crippen molar-refractivity contribution >= 4 is 11.8 Å². The summed E-state index contributed by atoms with van der Waals surface area (Å²) in [7, 11) is 0. The number of aliphatic hydroxyl groups excluding tert-OH is 3. The number of fused-ring (bicyclic) bond motifs is 7. The molecule has 6 heteroatoms. The van der Waals surface area contributed by atoms with E-state index in [4.69, 9.17) is 4.74 Å². The molecule has 43 heavy (non-hydrogen) atoms. The predicted octanol–water partition coefficient (Wildman–Crippen LogP) is 6.01. The summed E-state index contributed by atoms with van der Waals surface area (Å²) >= 11 is 0. The van der Waals surface area contributed by atoms with E-state index in [-0.39, 0.29) is 41.0 Å². The Morgan fingerprint density at radius 1 is 0.884 bits per heavy atom. The first-order valence-electron chi connectivity index (χ1n) is 16.5. The van der Waals surface area contributed by atoms with E-state index < -0.39 is 45.9 Å². The first-order chi connectivity index (χ1) is 20.0. The van der Waals surface area contributed by atoms with Gasteiger partial charge in [0.2, 0.25) is 0 Å². The monoisotopic (exact) mass is 592 g/mol. The smallest absolute Gasteiger partial charge is 0.312 e. The molecule has 5 aliphatic rings. The van der Waals surface area contributed by atoms with E-state index in [9.17, 15) is 24.9 Å². The van der Waals surface area contributed by atoms with Crippen LogP contribution in [0.3, 0.4) is 0 Å². The number of rotatable bonds is 3. The van der Waals surface area contributed by atoms with Crippen LogP contribution in [0.25, 0.3) is 0 Å². The van der Waals surface area contributed by atoms with Gasteiger partial charge in [-0.2, -0.15) is 0 Å². The fourth-order valence-corrected chi connectivity index (χ4v) is 11.3. The molecule has 0 heterocycles. The first kappa shape index (κ1) is 31.0. The summed E-state index contributed by atoms with van der Waals surface area (Å²) in [5.41, 5.74) is -0.716. The molecule has 0 bridgehead atoms. The minimum absolute atomic E-state index is 0.00178. The highest BCUT2D eigenvalue weighted by molar-refractivity contribution is 5.96. The van der Waals surface area contributed by atoms with Gasteiger partial charge >= 0.3 is 5.97 Å². The number of ether oxygens (including phenoxy) is 1. The Labute approximate surface area is 257 Å². The molecule has 4 saturated carbocycles. The van der Waals surface area contributed by atoms with E-state index in [1.165, 1.54) is 5.57 Å². The van der Waals surface area contributed by atoms with E-state index in [1.54, 1.807) is 0 Å². The SMILES string of the molecule is CC1(C)[C@H](O)[C@@H](O)[C@H](O)[C@]2(C)[C@H]3C(=O)C=C4[C@@H]5C[C@@](C)(C(=O)OCc6ccccc6)CC[C@]5(C)CC[C@@]4(C)[C@]3(C)CC[C@@H]12. The van der Waals surface area contributed by atoms with Crippen LogP contribution in [0.15, 0.2) is 42.0 Å². The molecule has 0 saturated heterocycles.